The lowest BCUT2D eigenvalue weighted by Gasteiger charge is -2.07. The van der Waals surface area contributed by atoms with Crippen molar-refractivity contribution < 1.29 is 9.53 Å². The van der Waals surface area contributed by atoms with Crippen molar-refractivity contribution in [1.82, 2.24) is 0 Å². The minimum Gasteiger partial charge on any atom is -0.492 e. The maximum atomic E-state index is 10.6. The van der Waals surface area contributed by atoms with Gasteiger partial charge in [0.05, 0.1) is 11.6 Å². The van der Waals surface area contributed by atoms with Crippen LogP contribution < -0.4 is 4.74 Å². The first-order valence-electron chi connectivity index (χ1n) is 4.17. The molecule has 2 nitrogen and oxygen atoms in total. The Hall–Kier alpha value is -0.730. The van der Waals surface area contributed by atoms with E-state index in [-0.39, 0.29) is 5.78 Å². The van der Waals surface area contributed by atoms with Crippen molar-refractivity contribution in [2.24, 2.45) is 0 Å². The van der Waals surface area contributed by atoms with Gasteiger partial charge in [0, 0.05) is 6.42 Å². The van der Waals surface area contributed by atoms with Crippen LogP contribution in [-0.2, 0) is 4.79 Å². The first-order chi connectivity index (χ1) is 6.61. The second kappa shape index (κ2) is 5.23. The maximum Gasteiger partial charge on any atom is 0.139 e. The minimum absolute atomic E-state index is 0.0863. The molecule has 0 amide bonds. The molecule has 4 heteroatoms. The zero-order chi connectivity index (χ0) is 10.6. The predicted molar refractivity (Wildman–Crippen MR) is 57.3 cm³/mol. The van der Waals surface area contributed by atoms with Crippen LogP contribution in [0.25, 0.3) is 0 Å². The fourth-order valence-corrected chi connectivity index (χ4v) is 1.25. The van der Waals surface area contributed by atoms with E-state index >= 15 is 0 Å². The largest absolute Gasteiger partial charge is 0.492 e. The van der Waals surface area contributed by atoms with E-state index in [1.54, 1.807) is 18.2 Å². The van der Waals surface area contributed by atoms with Gasteiger partial charge in [-0.3, -0.25) is 4.79 Å². The van der Waals surface area contributed by atoms with E-state index in [0.29, 0.717) is 28.8 Å². The van der Waals surface area contributed by atoms with Crippen LogP contribution in [0.5, 0.6) is 5.75 Å². The fourth-order valence-electron chi connectivity index (χ4n) is 0.900. The molecule has 0 atom stereocenters. The molecule has 0 radical (unpaired) electrons. The van der Waals surface area contributed by atoms with Crippen LogP contribution in [0.3, 0.4) is 0 Å². The van der Waals surface area contributed by atoms with E-state index in [4.69, 9.17) is 27.9 Å². The number of carbonyl (C=O) groups excluding carboxylic acids is 1. The van der Waals surface area contributed by atoms with Gasteiger partial charge in [-0.15, -0.1) is 0 Å². The van der Waals surface area contributed by atoms with Gasteiger partial charge in [-0.25, -0.2) is 0 Å². The molecule has 0 bridgehead atoms. The molecule has 0 unspecified atom stereocenters. The predicted octanol–water partition coefficient (Wildman–Crippen LogP) is 3.35. The zero-order valence-electron chi connectivity index (χ0n) is 7.72. The van der Waals surface area contributed by atoms with Crippen LogP contribution in [-0.4, -0.2) is 12.4 Å². The van der Waals surface area contributed by atoms with E-state index in [0.717, 1.165) is 0 Å². The van der Waals surface area contributed by atoms with Crippen LogP contribution in [0.1, 0.15) is 13.3 Å². The number of ether oxygens (including phenoxy) is 1. The van der Waals surface area contributed by atoms with Crippen molar-refractivity contribution >= 4 is 29.0 Å². The molecule has 0 saturated carbocycles. The summed E-state index contributed by atoms with van der Waals surface area (Å²) in [5.74, 6) is 0.601. The molecule has 0 aliphatic rings. The summed E-state index contributed by atoms with van der Waals surface area (Å²) in [6.07, 6.45) is 0.378. The van der Waals surface area contributed by atoms with Crippen molar-refractivity contribution in [2.75, 3.05) is 6.61 Å². The van der Waals surface area contributed by atoms with E-state index in [2.05, 4.69) is 0 Å². The van der Waals surface area contributed by atoms with E-state index in [1.807, 2.05) is 0 Å². The summed E-state index contributed by atoms with van der Waals surface area (Å²) in [5, 5.41) is 0.838. The normalized spacial score (nSPS) is 9.93. The van der Waals surface area contributed by atoms with Gasteiger partial charge >= 0.3 is 0 Å². The van der Waals surface area contributed by atoms with Gasteiger partial charge in [-0.05, 0) is 19.1 Å². The summed E-state index contributed by atoms with van der Waals surface area (Å²) >= 11 is 11.6. The number of ketones is 1. The van der Waals surface area contributed by atoms with E-state index < -0.39 is 0 Å². The number of Topliss-reactive ketones (excluding diaryl/α,β-unsaturated/α-hetero) is 1. The maximum absolute atomic E-state index is 10.6. The summed E-state index contributed by atoms with van der Waals surface area (Å²) in [7, 11) is 0. The van der Waals surface area contributed by atoms with Gasteiger partial charge in [0.1, 0.15) is 16.6 Å². The van der Waals surface area contributed by atoms with Gasteiger partial charge in [0.2, 0.25) is 0 Å². The minimum atomic E-state index is 0.0863. The summed E-state index contributed by atoms with van der Waals surface area (Å²) in [4.78, 5) is 10.6. The second-order valence-corrected chi connectivity index (χ2v) is 3.64. The topological polar surface area (TPSA) is 26.3 Å². The Morgan fingerprint density at radius 2 is 2.14 bits per heavy atom. The highest BCUT2D eigenvalue weighted by atomic mass is 35.5. The Kier molecular flexibility index (Phi) is 4.23. The van der Waals surface area contributed by atoms with Crippen LogP contribution in [0, 0.1) is 0 Å². The standard InChI is InChI=1S/C10H10Cl2O2/c1-7(13)5-6-14-9-4-2-3-8(11)10(9)12/h2-4H,5-6H2,1H3. The number of benzene rings is 1. The molecule has 0 fully saturated rings. The Morgan fingerprint density at radius 1 is 1.43 bits per heavy atom. The number of hydrogen-bond acceptors (Lipinski definition) is 2. The van der Waals surface area contributed by atoms with Crippen molar-refractivity contribution in [3.63, 3.8) is 0 Å². The van der Waals surface area contributed by atoms with Crippen LogP contribution >= 0.6 is 23.2 Å². The lowest BCUT2D eigenvalue weighted by molar-refractivity contribution is -0.117. The molecule has 0 spiro atoms. The Bertz CT molecular complexity index is 337. The van der Waals surface area contributed by atoms with Crippen molar-refractivity contribution in [3.8, 4) is 5.75 Å². The first-order valence-corrected chi connectivity index (χ1v) is 4.93. The van der Waals surface area contributed by atoms with E-state index in [1.165, 1.54) is 6.92 Å². The molecule has 0 N–H and O–H groups in total. The first kappa shape index (κ1) is 11.3. The molecule has 0 aliphatic carbocycles. The van der Waals surface area contributed by atoms with Gasteiger partial charge in [0.25, 0.3) is 0 Å². The number of carbonyl (C=O) groups is 1. The number of rotatable bonds is 4. The summed E-state index contributed by atoms with van der Waals surface area (Å²) in [6, 6.07) is 5.15. The summed E-state index contributed by atoms with van der Waals surface area (Å²) < 4.78 is 5.29. The third-order valence-electron chi connectivity index (χ3n) is 1.63. The van der Waals surface area contributed by atoms with Gasteiger partial charge < -0.3 is 4.74 Å². The molecule has 1 aromatic carbocycles. The van der Waals surface area contributed by atoms with Crippen LogP contribution in [0.4, 0.5) is 0 Å². The van der Waals surface area contributed by atoms with Gasteiger partial charge in [0.15, 0.2) is 0 Å². The highest BCUT2D eigenvalue weighted by Crippen LogP contribution is 2.31. The van der Waals surface area contributed by atoms with E-state index in [9.17, 15) is 4.79 Å². The smallest absolute Gasteiger partial charge is 0.139 e. The lowest BCUT2D eigenvalue weighted by Crippen LogP contribution is -2.02. The lowest BCUT2D eigenvalue weighted by atomic mass is 10.3. The highest BCUT2D eigenvalue weighted by molar-refractivity contribution is 6.42. The monoisotopic (exact) mass is 232 g/mol. The molecular weight excluding hydrogens is 223 g/mol. The molecule has 1 rings (SSSR count). The SMILES string of the molecule is CC(=O)CCOc1cccc(Cl)c1Cl. The summed E-state index contributed by atoms with van der Waals surface area (Å²) in [5.41, 5.74) is 0. The van der Waals surface area contributed by atoms with Crippen molar-refractivity contribution in [3.05, 3.63) is 28.2 Å². The summed E-state index contributed by atoms with van der Waals surface area (Å²) in [6.45, 7) is 1.85. The fraction of sp³-hybridized carbons (Fsp3) is 0.300. The Labute approximate surface area is 92.8 Å². The molecule has 0 aromatic heterocycles. The molecule has 0 saturated heterocycles. The molecule has 0 aliphatic heterocycles. The highest BCUT2D eigenvalue weighted by Gasteiger charge is 2.05. The second-order valence-electron chi connectivity index (χ2n) is 2.85. The average Bonchev–Trinajstić information content (AvgIpc) is 2.12. The Morgan fingerprint density at radius 3 is 2.79 bits per heavy atom. The van der Waals surface area contributed by atoms with Crippen molar-refractivity contribution in [2.45, 2.75) is 13.3 Å². The van der Waals surface area contributed by atoms with Crippen LogP contribution in [0.15, 0.2) is 18.2 Å². The Balaban J connectivity index is 2.59. The third-order valence-corrected chi connectivity index (χ3v) is 2.43. The molecule has 0 heterocycles. The quantitative estimate of drug-likeness (QED) is 0.796. The molecule has 14 heavy (non-hydrogen) atoms. The average molecular weight is 233 g/mol. The molecule has 76 valence electrons. The van der Waals surface area contributed by atoms with Crippen LogP contribution in [0.2, 0.25) is 10.0 Å². The molecule has 1 aromatic rings. The molecular formula is C10H10Cl2O2. The third kappa shape index (κ3) is 3.20. The van der Waals surface area contributed by atoms with Crippen molar-refractivity contribution in [1.29, 1.82) is 0 Å². The number of hydrogen-bond donors (Lipinski definition) is 0. The van der Waals surface area contributed by atoms with Gasteiger partial charge in [-0.2, -0.15) is 0 Å². The number of halogens is 2. The van der Waals surface area contributed by atoms with Gasteiger partial charge in [-0.1, -0.05) is 29.3 Å². The zero-order valence-corrected chi connectivity index (χ0v) is 9.23.